The van der Waals surface area contributed by atoms with Gasteiger partial charge in [-0.15, -0.1) is 0 Å². The van der Waals surface area contributed by atoms with Crippen molar-refractivity contribution in [3.05, 3.63) is 76.9 Å². The normalized spacial score (nSPS) is 11.1. The summed E-state index contributed by atoms with van der Waals surface area (Å²) in [4.78, 5) is 12.8. The second kappa shape index (κ2) is 9.24. The van der Waals surface area contributed by atoms with Crippen molar-refractivity contribution in [3.8, 4) is 22.9 Å². The van der Waals surface area contributed by atoms with E-state index in [9.17, 15) is 22.9 Å². The lowest BCUT2D eigenvalue weighted by Crippen LogP contribution is -2.31. The van der Waals surface area contributed by atoms with Crippen molar-refractivity contribution in [3.63, 3.8) is 0 Å². The third kappa shape index (κ3) is 4.81. The largest absolute Gasteiger partial charge is 0.489 e. The SMILES string of the molecule is CCc1c(C#N)c(-c2ccc(OCc3ccccc3F)cc2)c(C(=O)NS(C)(=O)=O)n1C. The molecular weight excluding hydrogens is 433 g/mol. The van der Waals surface area contributed by atoms with Crippen molar-refractivity contribution in [1.82, 2.24) is 9.29 Å². The molecule has 0 spiro atoms. The van der Waals surface area contributed by atoms with Crippen molar-refractivity contribution in [2.24, 2.45) is 7.05 Å². The zero-order valence-corrected chi connectivity index (χ0v) is 18.7. The first-order valence-electron chi connectivity index (χ1n) is 9.76. The van der Waals surface area contributed by atoms with Gasteiger partial charge in [0.25, 0.3) is 5.91 Å². The van der Waals surface area contributed by atoms with Crippen LogP contribution in [-0.2, 0) is 30.1 Å². The van der Waals surface area contributed by atoms with Gasteiger partial charge in [-0.1, -0.05) is 37.3 Å². The van der Waals surface area contributed by atoms with Crippen LogP contribution in [0.15, 0.2) is 48.5 Å². The molecule has 0 aliphatic rings. The number of nitriles is 1. The fourth-order valence-corrected chi connectivity index (χ4v) is 3.96. The maximum Gasteiger partial charge on any atom is 0.282 e. The van der Waals surface area contributed by atoms with Crippen LogP contribution in [0.25, 0.3) is 11.1 Å². The minimum Gasteiger partial charge on any atom is -0.489 e. The van der Waals surface area contributed by atoms with Gasteiger partial charge in [0.1, 0.15) is 29.9 Å². The van der Waals surface area contributed by atoms with Gasteiger partial charge in [0.05, 0.1) is 11.8 Å². The van der Waals surface area contributed by atoms with E-state index in [1.807, 2.05) is 11.6 Å². The second-order valence-electron chi connectivity index (χ2n) is 7.18. The summed E-state index contributed by atoms with van der Waals surface area (Å²) < 4.78 is 46.2. The van der Waals surface area contributed by atoms with Gasteiger partial charge in [-0.25, -0.2) is 17.5 Å². The molecule has 1 N–H and O–H groups in total. The number of nitrogens with one attached hydrogen (secondary N) is 1. The van der Waals surface area contributed by atoms with Gasteiger partial charge in [-0.3, -0.25) is 4.79 Å². The maximum atomic E-state index is 13.8. The number of carbonyl (C=O) groups excluding carboxylic acids is 1. The molecule has 1 aromatic heterocycles. The zero-order chi connectivity index (χ0) is 23.5. The summed E-state index contributed by atoms with van der Waals surface area (Å²) in [5, 5.41) is 9.76. The van der Waals surface area contributed by atoms with Crippen molar-refractivity contribution in [2.75, 3.05) is 6.26 Å². The van der Waals surface area contributed by atoms with Crippen molar-refractivity contribution < 1.29 is 22.3 Å². The average molecular weight is 456 g/mol. The first-order valence-corrected chi connectivity index (χ1v) is 11.7. The average Bonchev–Trinajstić information content (AvgIpc) is 3.03. The van der Waals surface area contributed by atoms with Gasteiger partial charge in [-0.2, -0.15) is 5.26 Å². The molecule has 7 nitrogen and oxygen atoms in total. The van der Waals surface area contributed by atoms with Crippen LogP contribution in [0.2, 0.25) is 0 Å². The minimum absolute atomic E-state index is 0.0444. The number of carbonyl (C=O) groups is 1. The highest BCUT2D eigenvalue weighted by Crippen LogP contribution is 2.33. The topological polar surface area (TPSA) is 101 Å². The molecule has 0 fully saturated rings. The number of nitrogens with zero attached hydrogens (tertiary/aromatic N) is 2. The highest BCUT2D eigenvalue weighted by atomic mass is 32.2. The third-order valence-corrected chi connectivity index (χ3v) is 5.51. The van der Waals surface area contributed by atoms with E-state index in [4.69, 9.17) is 4.74 Å². The minimum atomic E-state index is -3.79. The molecular formula is C23H22FN3O4S. The van der Waals surface area contributed by atoms with Gasteiger partial charge in [-0.05, 0) is 30.2 Å². The highest BCUT2D eigenvalue weighted by molar-refractivity contribution is 7.89. The fraction of sp³-hybridized carbons (Fsp3) is 0.217. The Kier molecular flexibility index (Phi) is 6.65. The number of hydrogen-bond donors (Lipinski definition) is 1. The number of sulfonamides is 1. The number of amides is 1. The van der Waals surface area contributed by atoms with Crippen molar-refractivity contribution >= 4 is 15.9 Å². The van der Waals surface area contributed by atoms with Gasteiger partial charge in [0, 0.05) is 23.9 Å². The molecule has 3 rings (SSSR count). The molecule has 1 heterocycles. The van der Waals surface area contributed by atoms with E-state index in [0.29, 0.717) is 40.1 Å². The summed E-state index contributed by atoms with van der Waals surface area (Å²) in [6.45, 7) is 1.89. The van der Waals surface area contributed by atoms with Gasteiger partial charge in [0.2, 0.25) is 10.0 Å². The summed E-state index contributed by atoms with van der Waals surface area (Å²) in [7, 11) is -2.18. The number of aromatic nitrogens is 1. The van der Waals surface area contributed by atoms with E-state index in [-0.39, 0.29) is 18.1 Å². The molecule has 166 valence electrons. The summed E-state index contributed by atoms with van der Waals surface area (Å²) >= 11 is 0. The number of ether oxygens (including phenoxy) is 1. The van der Waals surface area contributed by atoms with Crippen LogP contribution < -0.4 is 9.46 Å². The molecule has 0 aliphatic heterocycles. The van der Waals surface area contributed by atoms with Crippen LogP contribution in [0.3, 0.4) is 0 Å². The van der Waals surface area contributed by atoms with Gasteiger partial charge in [0.15, 0.2) is 0 Å². The number of rotatable bonds is 7. The lowest BCUT2D eigenvalue weighted by atomic mass is 9.99. The summed E-state index contributed by atoms with van der Waals surface area (Å²) in [5.41, 5.74) is 2.29. The molecule has 3 aromatic rings. The number of benzene rings is 2. The number of halogens is 1. The summed E-state index contributed by atoms with van der Waals surface area (Å²) in [6.07, 6.45) is 1.36. The molecule has 1 amide bonds. The zero-order valence-electron chi connectivity index (χ0n) is 17.8. The Balaban J connectivity index is 1.98. The summed E-state index contributed by atoms with van der Waals surface area (Å²) in [6, 6.07) is 15.1. The predicted octanol–water partition coefficient (Wildman–Crippen LogP) is 3.53. The van der Waals surface area contributed by atoms with E-state index in [1.165, 1.54) is 10.6 Å². The van der Waals surface area contributed by atoms with Crippen LogP contribution in [-0.4, -0.2) is 25.1 Å². The molecule has 32 heavy (non-hydrogen) atoms. The summed E-state index contributed by atoms with van der Waals surface area (Å²) in [5.74, 6) is -0.703. The Labute approximate surface area is 186 Å². The molecule has 0 saturated carbocycles. The molecule has 0 saturated heterocycles. The number of hydrogen-bond acceptors (Lipinski definition) is 5. The quantitative estimate of drug-likeness (QED) is 0.587. The maximum absolute atomic E-state index is 13.8. The molecule has 0 radical (unpaired) electrons. The first-order chi connectivity index (χ1) is 15.2. The second-order valence-corrected chi connectivity index (χ2v) is 8.93. The van der Waals surface area contributed by atoms with E-state index in [0.717, 1.165) is 6.26 Å². The van der Waals surface area contributed by atoms with E-state index in [2.05, 4.69) is 6.07 Å². The monoisotopic (exact) mass is 455 g/mol. The lowest BCUT2D eigenvalue weighted by molar-refractivity contribution is 0.0974. The molecule has 0 aliphatic carbocycles. The van der Waals surface area contributed by atoms with Crippen LogP contribution >= 0.6 is 0 Å². The van der Waals surface area contributed by atoms with Crippen LogP contribution in [0, 0.1) is 17.1 Å². The van der Waals surface area contributed by atoms with Crippen LogP contribution in [0.4, 0.5) is 4.39 Å². The van der Waals surface area contributed by atoms with Crippen molar-refractivity contribution in [2.45, 2.75) is 20.0 Å². The van der Waals surface area contributed by atoms with Gasteiger partial charge >= 0.3 is 0 Å². The fourth-order valence-electron chi connectivity index (χ4n) is 3.53. The van der Waals surface area contributed by atoms with E-state index < -0.39 is 15.9 Å². The van der Waals surface area contributed by atoms with Crippen LogP contribution in [0.5, 0.6) is 5.75 Å². The Morgan fingerprint density at radius 1 is 1.19 bits per heavy atom. The predicted molar refractivity (Wildman–Crippen MR) is 118 cm³/mol. The van der Waals surface area contributed by atoms with E-state index in [1.54, 1.807) is 49.5 Å². The first kappa shape index (κ1) is 23.0. The molecule has 0 unspecified atom stereocenters. The van der Waals surface area contributed by atoms with Crippen molar-refractivity contribution in [1.29, 1.82) is 5.26 Å². The third-order valence-electron chi connectivity index (χ3n) is 4.95. The highest BCUT2D eigenvalue weighted by Gasteiger charge is 2.27. The molecule has 9 heteroatoms. The molecule has 2 aromatic carbocycles. The van der Waals surface area contributed by atoms with Gasteiger partial charge < -0.3 is 9.30 Å². The van der Waals surface area contributed by atoms with Crippen LogP contribution in [0.1, 0.15) is 34.2 Å². The molecule has 0 bridgehead atoms. The Morgan fingerprint density at radius 3 is 2.41 bits per heavy atom. The lowest BCUT2D eigenvalue weighted by Gasteiger charge is -2.10. The molecule has 0 atom stereocenters. The Hall–Kier alpha value is -3.64. The standard InChI is InChI=1S/C23H22FN3O4S/c1-4-20-18(13-25)21(22(27(20)2)23(28)26-32(3,29)30)15-9-11-17(12-10-15)31-14-16-7-5-6-8-19(16)24/h5-12H,4,14H2,1-3H3,(H,26,28). The van der Waals surface area contributed by atoms with E-state index >= 15 is 0 Å². The Bertz CT molecular complexity index is 1310. The smallest absolute Gasteiger partial charge is 0.282 e. The Morgan fingerprint density at radius 2 is 1.84 bits per heavy atom.